The highest BCUT2D eigenvalue weighted by atomic mass is 16.5. The highest BCUT2D eigenvalue weighted by Crippen LogP contribution is 2.21. The second-order valence-electron chi connectivity index (χ2n) is 7.68. The van der Waals surface area contributed by atoms with Crippen LogP contribution in [0.25, 0.3) is 11.6 Å². The summed E-state index contributed by atoms with van der Waals surface area (Å²) in [5, 5.41) is 2.93. The Hall–Kier alpha value is -3.66. The van der Waals surface area contributed by atoms with Crippen LogP contribution in [0.5, 0.6) is 0 Å². The minimum Gasteiger partial charge on any atom is -0.462 e. The summed E-state index contributed by atoms with van der Waals surface area (Å²) < 4.78 is 5.29. The highest BCUT2D eigenvalue weighted by molar-refractivity contribution is 6.29. The van der Waals surface area contributed by atoms with Gasteiger partial charge in [0.1, 0.15) is 0 Å². The van der Waals surface area contributed by atoms with Gasteiger partial charge in [0.15, 0.2) is 0 Å². The molecule has 0 saturated carbocycles. The van der Waals surface area contributed by atoms with E-state index in [9.17, 15) is 9.59 Å². The number of ether oxygens (including phenoxy) is 1. The van der Waals surface area contributed by atoms with Crippen LogP contribution < -0.4 is 5.32 Å². The van der Waals surface area contributed by atoms with Crippen LogP contribution in [0.3, 0.4) is 0 Å². The van der Waals surface area contributed by atoms with E-state index in [2.05, 4.69) is 19.2 Å². The second-order valence-corrected chi connectivity index (χ2v) is 7.68. The monoisotopic (exact) mass is 413 g/mol. The predicted molar refractivity (Wildman–Crippen MR) is 126 cm³/mol. The fourth-order valence-corrected chi connectivity index (χ4v) is 2.97. The molecule has 3 rings (SSSR count). The molecule has 0 atom stereocenters. The van der Waals surface area contributed by atoms with E-state index in [1.54, 1.807) is 24.3 Å². The molecule has 3 aromatic rings. The molecule has 0 radical (unpaired) electrons. The van der Waals surface area contributed by atoms with Gasteiger partial charge in [-0.3, -0.25) is 4.79 Å². The molecule has 3 aromatic carbocycles. The number of nitrogens with one attached hydrogen (secondary N) is 1. The molecule has 0 aliphatic rings. The number of carbonyl (C=O) groups excluding carboxylic acids is 2. The van der Waals surface area contributed by atoms with Crippen LogP contribution in [-0.2, 0) is 9.53 Å². The lowest BCUT2D eigenvalue weighted by atomic mass is 10.0. The van der Waals surface area contributed by atoms with Crippen molar-refractivity contribution in [3.63, 3.8) is 0 Å². The molecule has 4 nitrogen and oxygen atoms in total. The van der Waals surface area contributed by atoms with E-state index in [4.69, 9.17) is 4.74 Å². The molecular formula is C27H27NO3. The van der Waals surface area contributed by atoms with E-state index in [1.807, 2.05) is 66.7 Å². The first-order chi connectivity index (χ1) is 15.0. The Balaban J connectivity index is 1.73. The lowest BCUT2D eigenvalue weighted by Gasteiger charge is -2.11. The van der Waals surface area contributed by atoms with E-state index in [0.29, 0.717) is 29.3 Å². The van der Waals surface area contributed by atoms with Crippen molar-refractivity contribution in [1.29, 1.82) is 0 Å². The number of hydrogen-bond donors (Lipinski definition) is 1. The van der Waals surface area contributed by atoms with Crippen LogP contribution in [0.4, 0.5) is 5.69 Å². The first kappa shape index (κ1) is 22.0. The third kappa shape index (κ3) is 6.68. The zero-order valence-electron chi connectivity index (χ0n) is 17.9. The third-order valence-electron chi connectivity index (χ3n) is 4.75. The van der Waals surface area contributed by atoms with Crippen LogP contribution in [0, 0.1) is 5.92 Å². The van der Waals surface area contributed by atoms with Gasteiger partial charge in [-0.2, -0.15) is 0 Å². The number of anilines is 1. The molecule has 0 heterocycles. The van der Waals surface area contributed by atoms with E-state index >= 15 is 0 Å². The van der Waals surface area contributed by atoms with Crippen molar-refractivity contribution in [2.75, 3.05) is 11.9 Å². The van der Waals surface area contributed by atoms with E-state index < -0.39 is 0 Å². The lowest BCUT2D eigenvalue weighted by Crippen LogP contribution is -2.14. The first-order valence-electron chi connectivity index (χ1n) is 10.4. The number of hydrogen-bond acceptors (Lipinski definition) is 3. The van der Waals surface area contributed by atoms with Gasteiger partial charge < -0.3 is 10.1 Å². The molecular weight excluding hydrogens is 386 g/mol. The van der Waals surface area contributed by atoms with E-state index in [1.165, 1.54) is 0 Å². The fourth-order valence-electron chi connectivity index (χ4n) is 2.97. The lowest BCUT2D eigenvalue weighted by molar-refractivity contribution is -0.111. The van der Waals surface area contributed by atoms with Gasteiger partial charge in [0.2, 0.25) is 0 Å². The molecule has 0 spiro atoms. The molecule has 1 amide bonds. The van der Waals surface area contributed by atoms with Gasteiger partial charge in [-0.1, -0.05) is 74.5 Å². The van der Waals surface area contributed by atoms with E-state index in [-0.39, 0.29) is 11.9 Å². The minimum atomic E-state index is -0.354. The predicted octanol–water partition coefficient (Wildman–Crippen LogP) is 6.07. The van der Waals surface area contributed by atoms with Gasteiger partial charge in [-0.05, 0) is 53.8 Å². The van der Waals surface area contributed by atoms with Crippen molar-refractivity contribution < 1.29 is 14.3 Å². The molecule has 0 aliphatic heterocycles. The second kappa shape index (κ2) is 10.9. The number of carbonyl (C=O) groups is 2. The molecule has 158 valence electrons. The molecule has 0 aromatic heterocycles. The Labute approximate surface area is 183 Å². The summed E-state index contributed by atoms with van der Waals surface area (Å²) in [7, 11) is 0. The largest absolute Gasteiger partial charge is 0.462 e. The maximum Gasteiger partial charge on any atom is 0.338 e. The first-order valence-corrected chi connectivity index (χ1v) is 10.4. The van der Waals surface area contributed by atoms with Crippen molar-refractivity contribution in [3.8, 4) is 0 Å². The maximum absolute atomic E-state index is 13.1. The number of amides is 1. The SMILES string of the molecule is CC(C)CCOC(=O)c1ccc(NC(=O)C(=Cc2ccccc2)c2ccccc2)cc1. The van der Waals surface area contributed by atoms with Crippen LogP contribution in [0.1, 0.15) is 41.8 Å². The summed E-state index contributed by atoms with van der Waals surface area (Å²) in [6.45, 7) is 4.57. The maximum atomic E-state index is 13.1. The smallest absolute Gasteiger partial charge is 0.338 e. The van der Waals surface area contributed by atoms with Crippen molar-refractivity contribution in [2.45, 2.75) is 20.3 Å². The molecule has 31 heavy (non-hydrogen) atoms. The standard InChI is InChI=1S/C27H27NO3/c1-20(2)17-18-31-27(30)23-13-15-24(16-14-23)28-26(29)25(22-11-7-4-8-12-22)19-21-9-5-3-6-10-21/h3-16,19-20H,17-18H2,1-2H3,(H,28,29). The van der Waals surface area contributed by atoms with Gasteiger partial charge >= 0.3 is 5.97 Å². The molecule has 4 heteroatoms. The Kier molecular flexibility index (Phi) is 7.77. The van der Waals surface area contributed by atoms with Gasteiger partial charge in [-0.25, -0.2) is 4.79 Å². The molecule has 0 fully saturated rings. The average molecular weight is 414 g/mol. The van der Waals surface area contributed by atoms with Gasteiger partial charge in [0.25, 0.3) is 5.91 Å². The van der Waals surface area contributed by atoms with Crippen LogP contribution in [0.15, 0.2) is 84.9 Å². The summed E-state index contributed by atoms with van der Waals surface area (Å²) >= 11 is 0. The number of esters is 1. The number of rotatable bonds is 8. The van der Waals surface area contributed by atoms with Crippen molar-refractivity contribution in [2.24, 2.45) is 5.92 Å². The topological polar surface area (TPSA) is 55.4 Å². The zero-order chi connectivity index (χ0) is 22.1. The van der Waals surface area contributed by atoms with Crippen LogP contribution in [0.2, 0.25) is 0 Å². The quantitative estimate of drug-likeness (QED) is 0.277. The minimum absolute atomic E-state index is 0.220. The van der Waals surface area contributed by atoms with Crippen molar-refractivity contribution in [1.82, 2.24) is 0 Å². The average Bonchev–Trinajstić information content (AvgIpc) is 2.79. The molecule has 0 bridgehead atoms. The Bertz CT molecular complexity index is 1020. The van der Waals surface area contributed by atoms with E-state index in [0.717, 1.165) is 17.5 Å². The number of benzene rings is 3. The van der Waals surface area contributed by atoms with Gasteiger partial charge in [-0.15, -0.1) is 0 Å². The normalized spacial score (nSPS) is 11.3. The Morgan fingerprint density at radius 1 is 0.839 bits per heavy atom. The fraction of sp³-hybridized carbons (Fsp3) is 0.185. The van der Waals surface area contributed by atoms with Crippen molar-refractivity contribution >= 4 is 29.2 Å². The highest BCUT2D eigenvalue weighted by Gasteiger charge is 2.13. The van der Waals surface area contributed by atoms with Crippen LogP contribution in [-0.4, -0.2) is 18.5 Å². The Morgan fingerprint density at radius 3 is 2.06 bits per heavy atom. The van der Waals surface area contributed by atoms with Gasteiger partial charge in [0.05, 0.1) is 12.2 Å². The summed E-state index contributed by atoms with van der Waals surface area (Å²) in [5.41, 5.74) is 3.40. The molecule has 1 N–H and O–H groups in total. The van der Waals surface area contributed by atoms with Crippen LogP contribution >= 0.6 is 0 Å². The molecule has 0 aliphatic carbocycles. The zero-order valence-corrected chi connectivity index (χ0v) is 17.9. The molecule has 0 unspecified atom stereocenters. The summed E-state index contributed by atoms with van der Waals surface area (Å²) in [5.74, 6) is -0.0945. The summed E-state index contributed by atoms with van der Waals surface area (Å²) in [4.78, 5) is 25.2. The summed E-state index contributed by atoms with van der Waals surface area (Å²) in [6.07, 6.45) is 2.70. The van der Waals surface area contributed by atoms with Gasteiger partial charge in [0, 0.05) is 11.3 Å². The Morgan fingerprint density at radius 2 is 1.45 bits per heavy atom. The molecule has 0 saturated heterocycles. The van der Waals surface area contributed by atoms with Crippen molar-refractivity contribution in [3.05, 3.63) is 102 Å². The third-order valence-corrected chi connectivity index (χ3v) is 4.75. The summed E-state index contributed by atoms with van der Waals surface area (Å²) in [6, 6.07) is 26.0.